The Balaban J connectivity index is 1.94. The van der Waals surface area contributed by atoms with Crippen LogP contribution in [0.2, 0.25) is 0 Å². The molecule has 1 aliphatic heterocycles. The summed E-state index contributed by atoms with van der Waals surface area (Å²) in [7, 11) is -4.29. The molecule has 0 spiro atoms. The Morgan fingerprint density at radius 3 is 2.34 bits per heavy atom. The highest BCUT2D eigenvalue weighted by molar-refractivity contribution is 7.98. The first-order valence-electron chi connectivity index (χ1n) is 9.17. The number of thioether (sulfide) groups is 1. The molecule has 0 saturated carbocycles. The first-order valence-corrected chi connectivity index (χ1v) is 11.9. The van der Waals surface area contributed by atoms with Crippen molar-refractivity contribution >= 4 is 33.4 Å². The lowest BCUT2D eigenvalue weighted by Crippen LogP contribution is -2.38. The first-order chi connectivity index (χ1) is 13.7. The molecule has 1 amide bonds. The van der Waals surface area contributed by atoms with Crippen molar-refractivity contribution < 1.29 is 22.0 Å². The molecule has 0 aliphatic carbocycles. The number of hydrogen-bond acceptors (Lipinski definition) is 4. The third-order valence-corrected chi connectivity index (χ3v) is 7.12. The lowest BCUT2D eigenvalue weighted by atomic mass is 9.98. The molecular formula is C20H22F2N2O3S2. The van der Waals surface area contributed by atoms with Gasteiger partial charge < -0.3 is 4.90 Å². The van der Waals surface area contributed by atoms with Gasteiger partial charge in [-0.1, -0.05) is 13.0 Å². The van der Waals surface area contributed by atoms with Gasteiger partial charge >= 0.3 is 0 Å². The zero-order valence-corrected chi connectivity index (χ0v) is 17.7. The summed E-state index contributed by atoms with van der Waals surface area (Å²) in [5, 5.41) is 0. The van der Waals surface area contributed by atoms with Crippen LogP contribution in [-0.4, -0.2) is 38.6 Å². The molecule has 5 nitrogen and oxygen atoms in total. The van der Waals surface area contributed by atoms with Gasteiger partial charge in [0.2, 0.25) is 0 Å². The van der Waals surface area contributed by atoms with E-state index in [0.29, 0.717) is 23.9 Å². The molecule has 1 saturated heterocycles. The summed E-state index contributed by atoms with van der Waals surface area (Å²) in [5.41, 5.74) is -0.483. The van der Waals surface area contributed by atoms with E-state index in [1.165, 1.54) is 30.0 Å². The molecule has 29 heavy (non-hydrogen) atoms. The third-order valence-electron chi connectivity index (χ3n) is 4.98. The number of halogens is 2. The molecule has 1 fully saturated rings. The van der Waals surface area contributed by atoms with Gasteiger partial charge in [-0.2, -0.15) is 0 Å². The fourth-order valence-electron chi connectivity index (χ4n) is 3.19. The highest BCUT2D eigenvalue weighted by Crippen LogP contribution is 2.28. The molecular weight excluding hydrogens is 418 g/mol. The summed E-state index contributed by atoms with van der Waals surface area (Å²) < 4.78 is 55.1. The lowest BCUT2D eigenvalue weighted by molar-refractivity contribution is 0.0693. The van der Waals surface area contributed by atoms with Crippen LogP contribution in [-0.2, 0) is 10.0 Å². The maximum absolute atomic E-state index is 13.9. The zero-order chi connectivity index (χ0) is 21.2. The van der Waals surface area contributed by atoms with Gasteiger partial charge in [0.05, 0.1) is 10.5 Å². The number of nitrogens with zero attached hydrogens (tertiary/aromatic N) is 1. The number of benzene rings is 2. The van der Waals surface area contributed by atoms with Crippen molar-refractivity contribution in [3.05, 3.63) is 53.6 Å². The molecule has 156 valence electrons. The highest BCUT2D eigenvalue weighted by atomic mass is 32.2. The molecule has 0 aromatic heterocycles. The van der Waals surface area contributed by atoms with Crippen molar-refractivity contribution in [2.45, 2.75) is 29.6 Å². The standard InChI is InChI=1S/C20H22F2N2O3S2/c1-13-8-10-24(11-9-13)20(25)15-12-14(6-7-18(15)28-2)29(26,27)23-19-16(21)4-3-5-17(19)22/h3-7,12-13,23H,8-11H2,1-2H3. The number of carbonyl (C=O) groups is 1. The van der Waals surface area contributed by atoms with Gasteiger partial charge in [-0.3, -0.25) is 9.52 Å². The number of amides is 1. The van der Waals surface area contributed by atoms with Crippen LogP contribution < -0.4 is 4.72 Å². The quantitative estimate of drug-likeness (QED) is 0.702. The fraction of sp³-hybridized carbons (Fsp3) is 0.350. The second-order valence-electron chi connectivity index (χ2n) is 7.04. The molecule has 0 atom stereocenters. The number of rotatable bonds is 5. The minimum Gasteiger partial charge on any atom is -0.339 e. The minimum atomic E-state index is -4.29. The molecule has 3 rings (SSSR count). The normalized spacial score (nSPS) is 15.4. The van der Waals surface area contributed by atoms with E-state index in [0.717, 1.165) is 31.0 Å². The van der Waals surface area contributed by atoms with Gasteiger partial charge in [0, 0.05) is 18.0 Å². The van der Waals surface area contributed by atoms with Crippen molar-refractivity contribution in [2.75, 3.05) is 24.1 Å². The van der Waals surface area contributed by atoms with E-state index in [1.807, 2.05) is 4.72 Å². The Morgan fingerprint density at radius 1 is 1.14 bits per heavy atom. The second-order valence-corrected chi connectivity index (χ2v) is 9.57. The predicted molar refractivity (Wildman–Crippen MR) is 110 cm³/mol. The van der Waals surface area contributed by atoms with E-state index in [9.17, 15) is 22.0 Å². The summed E-state index contributed by atoms with van der Waals surface area (Å²) in [6.07, 6.45) is 3.59. The van der Waals surface area contributed by atoms with Gasteiger partial charge in [-0.05, 0) is 55.3 Å². The van der Waals surface area contributed by atoms with Crippen LogP contribution in [0, 0.1) is 17.6 Å². The van der Waals surface area contributed by atoms with Crippen molar-refractivity contribution in [1.29, 1.82) is 0 Å². The Labute approximate surface area is 173 Å². The Bertz CT molecular complexity index is 1000. The number of para-hydroxylation sites is 1. The molecule has 1 heterocycles. The number of sulfonamides is 1. The molecule has 0 unspecified atom stereocenters. The van der Waals surface area contributed by atoms with E-state index in [-0.39, 0.29) is 16.4 Å². The van der Waals surface area contributed by atoms with Gasteiger partial charge in [0.15, 0.2) is 0 Å². The molecule has 0 bridgehead atoms. The number of carbonyl (C=O) groups excluding carboxylic acids is 1. The third kappa shape index (κ3) is 4.72. The number of anilines is 1. The summed E-state index contributed by atoms with van der Waals surface area (Å²) in [6.45, 7) is 3.36. The summed E-state index contributed by atoms with van der Waals surface area (Å²) in [4.78, 5) is 15.1. The number of nitrogens with one attached hydrogen (secondary N) is 1. The second kappa shape index (κ2) is 8.71. The summed E-state index contributed by atoms with van der Waals surface area (Å²) >= 11 is 1.33. The highest BCUT2D eigenvalue weighted by Gasteiger charge is 2.26. The van der Waals surface area contributed by atoms with Crippen molar-refractivity contribution in [3.8, 4) is 0 Å². The van der Waals surface area contributed by atoms with E-state index >= 15 is 0 Å². The fourth-order valence-corrected chi connectivity index (χ4v) is 4.86. The summed E-state index contributed by atoms with van der Waals surface area (Å²) in [5.74, 6) is -1.73. The molecule has 2 aromatic rings. The average molecular weight is 441 g/mol. The van der Waals surface area contributed by atoms with Gasteiger partial charge in [0.1, 0.15) is 17.3 Å². The van der Waals surface area contributed by atoms with Crippen molar-refractivity contribution in [2.24, 2.45) is 5.92 Å². The first kappa shape index (κ1) is 21.6. The molecule has 0 radical (unpaired) electrons. The summed E-state index contributed by atoms with van der Waals surface area (Å²) in [6, 6.07) is 7.20. The smallest absolute Gasteiger partial charge is 0.262 e. The Morgan fingerprint density at radius 2 is 1.76 bits per heavy atom. The van der Waals surface area contributed by atoms with E-state index in [4.69, 9.17) is 0 Å². The monoisotopic (exact) mass is 440 g/mol. The van der Waals surface area contributed by atoms with Crippen molar-refractivity contribution in [3.63, 3.8) is 0 Å². The average Bonchev–Trinajstić information content (AvgIpc) is 2.70. The molecule has 1 aliphatic rings. The molecule has 2 aromatic carbocycles. The van der Waals surface area contributed by atoms with Gasteiger partial charge in [-0.25, -0.2) is 17.2 Å². The van der Waals surface area contributed by atoms with Crippen molar-refractivity contribution in [1.82, 2.24) is 4.90 Å². The lowest BCUT2D eigenvalue weighted by Gasteiger charge is -2.30. The van der Waals surface area contributed by atoms with Crippen LogP contribution in [0.3, 0.4) is 0 Å². The van der Waals surface area contributed by atoms with Crippen LogP contribution in [0.25, 0.3) is 0 Å². The van der Waals surface area contributed by atoms with Crippen LogP contribution in [0.5, 0.6) is 0 Å². The van der Waals surface area contributed by atoms with E-state index in [2.05, 4.69) is 6.92 Å². The minimum absolute atomic E-state index is 0.230. The number of likely N-dealkylation sites (tertiary alicyclic amines) is 1. The van der Waals surface area contributed by atoms with E-state index in [1.54, 1.807) is 11.2 Å². The largest absolute Gasteiger partial charge is 0.339 e. The van der Waals surface area contributed by atoms with E-state index < -0.39 is 27.3 Å². The van der Waals surface area contributed by atoms with Crippen LogP contribution >= 0.6 is 11.8 Å². The zero-order valence-electron chi connectivity index (χ0n) is 16.1. The van der Waals surface area contributed by atoms with Crippen LogP contribution in [0.15, 0.2) is 46.2 Å². The number of hydrogen-bond donors (Lipinski definition) is 1. The predicted octanol–water partition coefficient (Wildman–Crippen LogP) is 4.36. The topological polar surface area (TPSA) is 66.5 Å². The SMILES string of the molecule is CSc1ccc(S(=O)(=O)Nc2c(F)cccc2F)cc1C(=O)N1CCC(C)CC1. The molecule has 9 heteroatoms. The maximum Gasteiger partial charge on any atom is 0.262 e. The van der Waals surface area contributed by atoms with Gasteiger partial charge in [-0.15, -0.1) is 11.8 Å². The number of piperidine rings is 1. The van der Waals surface area contributed by atoms with Crippen LogP contribution in [0.1, 0.15) is 30.1 Å². The Kier molecular flexibility index (Phi) is 6.48. The van der Waals surface area contributed by atoms with Gasteiger partial charge in [0.25, 0.3) is 15.9 Å². The molecule has 1 N–H and O–H groups in total. The maximum atomic E-state index is 13.9. The van der Waals surface area contributed by atoms with Crippen LogP contribution in [0.4, 0.5) is 14.5 Å². The Hall–Kier alpha value is -2.13.